The molecule has 0 atom stereocenters. The van der Waals surface area contributed by atoms with Crippen LogP contribution in [0.2, 0.25) is 5.02 Å². The smallest absolute Gasteiger partial charge is 0.191 e. The molecule has 0 saturated heterocycles. The molecule has 0 heterocycles. The summed E-state index contributed by atoms with van der Waals surface area (Å²) in [6.07, 6.45) is -0.497. The molecule has 17 heavy (non-hydrogen) atoms. The van der Waals surface area contributed by atoms with Gasteiger partial charge >= 0.3 is 0 Å². The van der Waals surface area contributed by atoms with Gasteiger partial charge in [0.25, 0.3) is 0 Å². The highest BCUT2D eigenvalue weighted by Gasteiger charge is 2.12. The van der Waals surface area contributed by atoms with Crippen molar-refractivity contribution in [2.75, 3.05) is 19.8 Å². The van der Waals surface area contributed by atoms with Gasteiger partial charge in [-0.3, -0.25) is 0 Å². The molecule has 1 rings (SSSR count). The summed E-state index contributed by atoms with van der Waals surface area (Å²) in [4.78, 5) is 0. The average Bonchev–Trinajstić information content (AvgIpc) is 2.31. The molecule has 0 bridgehead atoms. The summed E-state index contributed by atoms with van der Waals surface area (Å²) in [5, 5.41) is 0.0341. The second kappa shape index (κ2) is 7.48. The fraction of sp³-hybridized carbons (Fsp3) is 0.500. The van der Waals surface area contributed by atoms with Crippen LogP contribution in [-0.2, 0) is 9.47 Å². The molecule has 0 saturated carbocycles. The van der Waals surface area contributed by atoms with Crippen molar-refractivity contribution in [2.24, 2.45) is 0 Å². The Labute approximate surface area is 105 Å². The van der Waals surface area contributed by atoms with Crippen molar-refractivity contribution < 1.29 is 18.6 Å². The lowest BCUT2D eigenvalue weighted by molar-refractivity contribution is -0.152. The zero-order valence-electron chi connectivity index (χ0n) is 9.91. The van der Waals surface area contributed by atoms with Gasteiger partial charge in [-0.2, -0.15) is 0 Å². The van der Waals surface area contributed by atoms with E-state index in [9.17, 15) is 4.39 Å². The van der Waals surface area contributed by atoms with E-state index < -0.39 is 12.1 Å². The number of halogens is 2. The molecule has 0 aliphatic heterocycles. The molecule has 0 spiro atoms. The molecule has 0 aromatic heterocycles. The van der Waals surface area contributed by atoms with Gasteiger partial charge in [-0.25, -0.2) is 4.39 Å². The lowest BCUT2D eigenvalue weighted by Crippen LogP contribution is -2.25. The summed E-state index contributed by atoms with van der Waals surface area (Å²) in [6, 6.07) is 4.60. The monoisotopic (exact) mass is 262 g/mol. The van der Waals surface area contributed by atoms with E-state index in [4.69, 9.17) is 25.8 Å². The van der Waals surface area contributed by atoms with E-state index in [0.717, 1.165) is 0 Å². The highest BCUT2D eigenvalue weighted by atomic mass is 35.5. The molecule has 5 heteroatoms. The lowest BCUT2D eigenvalue weighted by atomic mass is 10.3. The predicted octanol–water partition coefficient (Wildman–Crippen LogP) is 3.26. The Morgan fingerprint density at radius 2 is 1.88 bits per heavy atom. The quantitative estimate of drug-likeness (QED) is 0.706. The summed E-state index contributed by atoms with van der Waals surface area (Å²) in [7, 11) is 0. The molecule has 0 aliphatic rings. The highest BCUT2D eigenvalue weighted by Crippen LogP contribution is 2.24. The minimum atomic E-state index is -0.569. The van der Waals surface area contributed by atoms with Gasteiger partial charge in [0.15, 0.2) is 17.9 Å². The van der Waals surface area contributed by atoms with Crippen molar-refractivity contribution in [3.63, 3.8) is 0 Å². The van der Waals surface area contributed by atoms with Gasteiger partial charge in [0.2, 0.25) is 0 Å². The maximum Gasteiger partial charge on any atom is 0.191 e. The molecule has 0 radical (unpaired) electrons. The Kier molecular flexibility index (Phi) is 6.26. The van der Waals surface area contributed by atoms with Crippen LogP contribution in [-0.4, -0.2) is 26.1 Å². The average molecular weight is 263 g/mol. The van der Waals surface area contributed by atoms with Crippen molar-refractivity contribution in [3.8, 4) is 5.75 Å². The maximum absolute atomic E-state index is 13.5. The second-order valence-corrected chi connectivity index (χ2v) is 3.61. The summed E-state index contributed by atoms with van der Waals surface area (Å²) in [5.41, 5.74) is 0. The summed E-state index contributed by atoms with van der Waals surface area (Å²) < 4.78 is 29.3. The number of hydrogen-bond donors (Lipinski definition) is 0. The molecule has 96 valence electrons. The molecule has 1 aromatic carbocycles. The number of rotatable bonds is 7. The van der Waals surface area contributed by atoms with Crippen molar-refractivity contribution >= 4 is 11.6 Å². The van der Waals surface area contributed by atoms with E-state index in [-0.39, 0.29) is 17.4 Å². The van der Waals surface area contributed by atoms with E-state index in [1.165, 1.54) is 12.1 Å². The Morgan fingerprint density at radius 1 is 1.24 bits per heavy atom. The van der Waals surface area contributed by atoms with Crippen molar-refractivity contribution in [1.29, 1.82) is 0 Å². The fourth-order valence-electron chi connectivity index (χ4n) is 1.27. The SMILES string of the molecule is CCOC(COc1cccc(Cl)c1F)OCC. The maximum atomic E-state index is 13.5. The summed E-state index contributed by atoms with van der Waals surface area (Å²) >= 11 is 5.63. The molecule has 1 aromatic rings. The van der Waals surface area contributed by atoms with Crippen LogP contribution in [0.25, 0.3) is 0 Å². The summed E-state index contributed by atoms with van der Waals surface area (Å²) in [5.74, 6) is -0.470. The number of hydrogen-bond acceptors (Lipinski definition) is 3. The van der Waals surface area contributed by atoms with Gasteiger partial charge in [-0.1, -0.05) is 17.7 Å². The predicted molar refractivity (Wildman–Crippen MR) is 63.9 cm³/mol. The molecule has 0 unspecified atom stereocenters. The third kappa shape index (κ3) is 4.50. The largest absolute Gasteiger partial charge is 0.485 e. The van der Waals surface area contributed by atoms with E-state index in [2.05, 4.69) is 0 Å². The van der Waals surface area contributed by atoms with Crippen LogP contribution in [0.4, 0.5) is 4.39 Å². The van der Waals surface area contributed by atoms with Gasteiger partial charge in [-0.05, 0) is 26.0 Å². The van der Waals surface area contributed by atoms with E-state index in [1.807, 2.05) is 13.8 Å². The van der Waals surface area contributed by atoms with E-state index in [1.54, 1.807) is 6.07 Å². The van der Waals surface area contributed by atoms with Gasteiger partial charge in [0, 0.05) is 13.2 Å². The molecular formula is C12H16ClFO3. The van der Waals surface area contributed by atoms with Gasteiger partial charge < -0.3 is 14.2 Å². The Morgan fingerprint density at radius 3 is 2.47 bits per heavy atom. The summed E-state index contributed by atoms with van der Waals surface area (Å²) in [6.45, 7) is 4.84. The van der Waals surface area contributed by atoms with Crippen molar-refractivity contribution in [3.05, 3.63) is 29.0 Å². The minimum absolute atomic E-state index is 0.0341. The lowest BCUT2D eigenvalue weighted by Gasteiger charge is -2.17. The second-order valence-electron chi connectivity index (χ2n) is 3.20. The Hall–Kier alpha value is -0.840. The Bertz CT molecular complexity index is 341. The first-order chi connectivity index (χ1) is 8.19. The van der Waals surface area contributed by atoms with E-state index >= 15 is 0 Å². The standard InChI is InChI=1S/C12H16ClFO3/c1-3-15-11(16-4-2)8-17-10-7-5-6-9(13)12(10)14/h5-7,11H,3-4,8H2,1-2H3. The zero-order chi connectivity index (χ0) is 12.7. The topological polar surface area (TPSA) is 27.7 Å². The Balaban J connectivity index is 2.55. The van der Waals surface area contributed by atoms with E-state index in [0.29, 0.717) is 13.2 Å². The molecule has 3 nitrogen and oxygen atoms in total. The zero-order valence-corrected chi connectivity index (χ0v) is 10.7. The normalized spacial score (nSPS) is 10.9. The molecule has 0 fully saturated rings. The van der Waals surface area contributed by atoms with Gasteiger partial charge in [-0.15, -0.1) is 0 Å². The van der Waals surface area contributed by atoms with Crippen molar-refractivity contribution in [1.82, 2.24) is 0 Å². The van der Waals surface area contributed by atoms with Crippen LogP contribution >= 0.6 is 11.6 Å². The van der Waals surface area contributed by atoms with Crippen LogP contribution in [0.3, 0.4) is 0 Å². The molecule has 0 N–H and O–H groups in total. The minimum Gasteiger partial charge on any atom is -0.485 e. The first-order valence-electron chi connectivity index (χ1n) is 5.49. The van der Waals surface area contributed by atoms with Gasteiger partial charge in [0.1, 0.15) is 6.61 Å². The van der Waals surface area contributed by atoms with Crippen LogP contribution in [0, 0.1) is 5.82 Å². The molecular weight excluding hydrogens is 247 g/mol. The highest BCUT2D eigenvalue weighted by molar-refractivity contribution is 6.30. The van der Waals surface area contributed by atoms with Crippen LogP contribution < -0.4 is 4.74 Å². The van der Waals surface area contributed by atoms with Crippen LogP contribution in [0.15, 0.2) is 18.2 Å². The third-order valence-corrected chi connectivity index (χ3v) is 2.29. The number of ether oxygens (including phenoxy) is 3. The van der Waals surface area contributed by atoms with Gasteiger partial charge in [0.05, 0.1) is 5.02 Å². The van der Waals surface area contributed by atoms with Crippen LogP contribution in [0.5, 0.6) is 5.75 Å². The third-order valence-electron chi connectivity index (χ3n) is 2.00. The fourth-order valence-corrected chi connectivity index (χ4v) is 1.44. The first kappa shape index (κ1) is 14.2. The van der Waals surface area contributed by atoms with Crippen LogP contribution in [0.1, 0.15) is 13.8 Å². The first-order valence-corrected chi connectivity index (χ1v) is 5.86. The molecule has 0 amide bonds. The molecule has 0 aliphatic carbocycles. The number of benzene rings is 1. The van der Waals surface area contributed by atoms with Crippen molar-refractivity contribution in [2.45, 2.75) is 20.1 Å².